The van der Waals surface area contributed by atoms with Crippen molar-refractivity contribution in [3.63, 3.8) is 0 Å². The fraction of sp³-hybridized carbons (Fsp3) is 0.448. The molecule has 4 aromatic heterocycles. The molecule has 0 saturated carbocycles. The van der Waals surface area contributed by atoms with Crippen molar-refractivity contribution < 1.29 is 37.9 Å². The second kappa shape index (κ2) is 9.89. The first-order valence-corrected chi connectivity index (χ1v) is 17.0. The van der Waals surface area contributed by atoms with E-state index in [0.717, 1.165) is 81.7 Å². The summed E-state index contributed by atoms with van der Waals surface area (Å²) < 4.78 is 49.5. The van der Waals surface area contributed by atoms with E-state index in [9.17, 15) is 0 Å². The summed E-state index contributed by atoms with van der Waals surface area (Å²) >= 11 is 6.60. The van der Waals surface area contributed by atoms with Gasteiger partial charge < -0.3 is 37.9 Å². The number of fused-ring (bicyclic) bond motifs is 4. The minimum Gasteiger partial charge on any atom is -0.485 e. The zero-order valence-corrected chi connectivity index (χ0v) is 26.1. The maximum atomic E-state index is 6.32. The Morgan fingerprint density at radius 2 is 0.902 bits per heavy atom. The van der Waals surface area contributed by atoms with Crippen LogP contribution in [0.1, 0.15) is 32.1 Å². The van der Waals surface area contributed by atoms with Crippen LogP contribution in [0.4, 0.5) is 0 Å². The first-order chi connectivity index (χ1) is 20.0. The number of hydrogen-bond donors (Lipinski definition) is 0. The van der Waals surface area contributed by atoms with Gasteiger partial charge in [-0.3, -0.25) is 0 Å². The minimum atomic E-state index is -0.0518. The number of rotatable bonds is 5. The minimum absolute atomic E-state index is 0.0518. The van der Waals surface area contributed by atoms with E-state index in [0.29, 0.717) is 52.9 Å². The topological polar surface area (TPSA) is 73.8 Å². The van der Waals surface area contributed by atoms with Crippen LogP contribution >= 0.6 is 45.3 Å². The molecular weight excluding hydrogens is 605 g/mol. The van der Waals surface area contributed by atoms with Gasteiger partial charge in [0.2, 0.25) is 0 Å². The van der Waals surface area contributed by atoms with E-state index >= 15 is 0 Å². The molecule has 0 saturated heterocycles. The fourth-order valence-corrected chi connectivity index (χ4v) is 10.3. The Bertz CT molecular complexity index is 1640. The van der Waals surface area contributed by atoms with Crippen LogP contribution in [0.25, 0.3) is 29.3 Å². The van der Waals surface area contributed by atoms with Crippen LogP contribution < -0.4 is 37.9 Å². The Morgan fingerprint density at radius 1 is 0.512 bits per heavy atom. The lowest BCUT2D eigenvalue weighted by atomic mass is 9.88. The van der Waals surface area contributed by atoms with Crippen molar-refractivity contribution in [2.75, 3.05) is 52.9 Å². The lowest BCUT2D eigenvalue weighted by Crippen LogP contribution is -2.19. The highest BCUT2D eigenvalue weighted by Gasteiger charge is 2.39. The summed E-state index contributed by atoms with van der Waals surface area (Å²) in [5.41, 5.74) is -0.0518. The van der Waals surface area contributed by atoms with E-state index in [1.807, 2.05) is 5.38 Å². The summed E-state index contributed by atoms with van der Waals surface area (Å²) in [6, 6.07) is 0. The molecule has 41 heavy (non-hydrogen) atoms. The Labute approximate surface area is 253 Å². The molecule has 0 bridgehead atoms. The quantitative estimate of drug-likeness (QED) is 0.222. The predicted octanol–water partition coefficient (Wildman–Crippen LogP) is 7.71. The maximum Gasteiger partial charge on any atom is 0.181 e. The van der Waals surface area contributed by atoms with E-state index < -0.39 is 0 Å². The molecule has 216 valence electrons. The van der Waals surface area contributed by atoms with Crippen molar-refractivity contribution in [1.29, 1.82) is 0 Å². The molecular formula is C29H28O8S4. The number of hydrogen-bond acceptors (Lipinski definition) is 12. The van der Waals surface area contributed by atoms with Crippen LogP contribution in [0.3, 0.4) is 0 Å². The summed E-state index contributed by atoms with van der Waals surface area (Å²) in [5, 5.41) is 2.00. The van der Waals surface area contributed by atoms with Crippen LogP contribution in [0, 0.1) is 0 Å². The molecule has 8 nitrogen and oxygen atoms in total. The molecule has 4 aliphatic heterocycles. The molecule has 4 aliphatic rings. The predicted molar refractivity (Wildman–Crippen MR) is 162 cm³/mol. The first-order valence-electron chi connectivity index (χ1n) is 13.7. The highest BCUT2D eigenvalue weighted by molar-refractivity contribution is 7.29. The smallest absolute Gasteiger partial charge is 0.181 e. The second-order valence-electron chi connectivity index (χ2n) is 10.5. The molecule has 0 aromatic carbocycles. The third kappa shape index (κ3) is 4.01. The molecule has 0 radical (unpaired) electrons. The molecule has 8 rings (SSSR count). The molecule has 0 aliphatic carbocycles. The van der Waals surface area contributed by atoms with Crippen molar-refractivity contribution >= 4 is 45.3 Å². The summed E-state index contributed by atoms with van der Waals surface area (Å²) in [5.74, 6) is 6.19. The van der Waals surface area contributed by atoms with Gasteiger partial charge in [0.25, 0.3) is 0 Å². The number of thiophene rings is 4. The highest BCUT2D eigenvalue weighted by atomic mass is 32.1. The molecule has 0 spiro atoms. The van der Waals surface area contributed by atoms with Crippen molar-refractivity contribution in [3.8, 4) is 75.3 Å². The average molecular weight is 633 g/mol. The van der Waals surface area contributed by atoms with Crippen LogP contribution in [-0.4, -0.2) is 52.9 Å². The van der Waals surface area contributed by atoms with E-state index in [-0.39, 0.29) is 5.41 Å². The lowest BCUT2D eigenvalue weighted by Gasteiger charge is -2.24. The molecule has 0 N–H and O–H groups in total. The normalized spacial score (nSPS) is 17.0. The van der Waals surface area contributed by atoms with Crippen molar-refractivity contribution in [2.45, 2.75) is 32.6 Å². The standard InChI is InChI=1S/C29H28O8S4/c1-4-29(2,3)28-21-20(36-11-12-37-21)27(41-28)26-19-18(34-9-10-35-19)25(40-26)24-17-16(32-7-8-33-17)23(39-24)22-15-14(13-38-22)30-5-6-31-15/h13H,4-12H2,1-3H3. The van der Waals surface area contributed by atoms with Crippen LogP contribution in [0.15, 0.2) is 5.38 Å². The molecule has 0 fully saturated rings. The van der Waals surface area contributed by atoms with Gasteiger partial charge in [-0.15, -0.1) is 45.3 Å². The largest absolute Gasteiger partial charge is 0.485 e. The SMILES string of the molecule is CCC(C)(C)c1sc(-c2sc(-c3sc(-c4scc5c4OCCO5)c4c3OCCO4)c3c2OCCO3)c2c1OCCO2. The van der Waals surface area contributed by atoms with Gasteiger partial charge in [0.1, 0.15) is 52.9 Å². The maximum absolute atomic E-state index is 6.32. The Balaban J connectivity index is 1.31. The van der Waals surface area contributed by atoms with Crippen molar-refractivity contribution in [1.82, 2.24) is 0 Å². The van der Waals surface area contributed by atoms with E-state index in [1.54, 1.807) is 45.3 Å². The third-order valence-electron chi connectivity index (χ3n) is 7.62. The lowest BCUT2D eigenvalue weighted by molar-refractivity contribution is 0.169. The first kappa shape index (κ1) is 25.9. The summed E-state index contributed by atoms with van der Waals surface area (Å²) in [6.07, 6.45) is 0.985. The summed E-state index contributed by atoms with van der Waals surface area (Å²) in [7, 11) is 0. The Hall–Kier alpha value is -2.80. The summed E-state index contributed by atoms with van der Waals surface area (Å²) in [6.45, 7) is 10.8. The van der Waals surface area contributed by atoms with Gasteiger partial charge in [-0.2, -0.15) is 0 Å². The van der Waals surface area contributed by atoms with Gasteiger partial charge >= 0.3 is 0 Å². The van der Waals surface area contributed by atoms with Gasteiger partial charge in [0.05, 0.1) is 34.1 Å². The van der Waals surface area contributed by atoms with Crippen LogP contribution in [0.2, 0.25) is 0 Å². The van der Waals surface area contributed by atoms with Gasteiger partial charge in [-0.25, -0.2) is 0 Å². The zero-order valence-electron chi connectivity index (χ0n) is 22.8. The molecule has 4 aromatic rings. The van der Waals surface area contributed by atoms with E-state index in [2.05, 4.69) is 20.8 Å². The van der Waals surface area contributed by atoms with Crippen LogP contribution in [-0.2, 0) is 5.41 Å². The Kier molecular flexibility index (Phi) is 6.24. The summed E-state index contributed by atoms with van der Waals surface area (Å²) in [4.78, 5) is 7.10. The van der Waals surface area contributed by atoms with Gasteiger partial charge in [0, 0.05) is 10.8 Å². The Morgan fingerprint density at radius 3 is 1.41 bits per heavy atom. The molecule has 0 amide bonds. The average Bonchev–Trinajstić information content (AvgIpc) is 3.78. The van der Waals surface area contributed by atoms with Gasteiger partial charge in [0.15, 0.2) is 46.0 Å². The van der Waals surface area contributed by atoms with Crippen molar-refractivity contribution in [3.05, 3.63) is 10.3 Å². The van der Waals surface area contributed by atoms with Crippen LogP contribution in [0.5, 0.6) is 46.0 Å². The molecule has 12 heteroatoms. The number of ether oxygens (including phenoxy) is 8. The molecule has 0 atom stereocenters. The zero-order chi connectivity index (χ0) is 27.7. The van der Waals surface area contributed by atoms with Gasteiger partial charge in [-0.1, -0.05) is 20.8 Å². The molecule has 0 unspecified atom stereocenters. The van der Waals surface area contributed by atoms with Crippen molar-refractivity contribution in [2.24, 2.45) is 0 Å². The fourth-order valence-electron chi connectivity index (χ4n) is 5.22. The van der Waals surface area contributed by atoms with E-state index in [4.69, 9.17) is 37.9 Å². The molecule has 8 heterocycles. The van der Waals surface area contributed by atoms with E-state index in [1.165, 1.54) is 4.88 Å². The monoisotopic (exact) mass is 632 g/mol. The highest BCUT2D eigenvalue weighted by Crippen LogP contribution is 2.65. The third-order valence-corrected chi connectivity index (χ3v) is 12.9. The second-order valence-corrected chi connectivity index (χ2v) is 14.5. The van der Waals surface area contributed by atoms with Gasteiger partial charge in [-0.05, 0) is 6.42 Å².